The molecule has 1 aliphatic heterocycles. The summed E-state index contributed by atoms with van der Waals surface area (Å²) in [6.45, 7) is 0.425. The van der Waals surface area contributed by atoms with Crippen molar-refractivity contribution in [1.82, 2.24) is 4.98 Å². The van der Waals surface area contributed by atoms with E-state index in [9.17, 15) is 13.6 Å². The maximum atomic E-state index is 13.5. The van der Waals surface area contributed by atoms with Gasteiger partial charge in [0, 0.05) is 29.6 Å². The number of rotatable bonds is 6. The zero-order valence-corrected chi connectivity index (χ0v) is 18.8. The summed E-state index contributed by atoms with van der Waals surface area (Å²) in [6, 6.07) is 22.4. The van der Waals surface area contributed by atoms with E-state index >= 15 is 0 Å². The quantitative estimate of drug-likeness (QED) is 0.400. The molecule has 0 radical (unpaired) electrons. The highest BCUT2D eigenvalue weighted by molar-refractivity contribution is 5.98. The number of Topliss-reactive ketones (excluding diaryl/α,β-unsaturated/α-hetero) is 1. The Kier molecular flexibility index (Phi) is 4.86. The van der Waals surface area contributed by atoms with Crippen LogP contribution in [0.2, 0.25) is 0 Å². The van der Waals surface area contributed by atoms with Crippen LogP contribution < -0.4 is 15.2 Å². The third-order valence-corrected chi connectivity index (χ3v) is 6.81. The summed E-state index contributed by atoms with van der Waals surface area (Å²) < 4.78 is 36.0. The zero-order valence-electron chi connectivity index (χ0n) is 18.8. The van der Waals surface area contributed by atoms with E-state index in [1.54, 1.807) is 6.07 Å². The van der Waals surface area contributed by atoms with Crippen LogP contribution in [0.5, 0.6) is 11.5 Å². The summed E-state index contributed by atoms with van der Waals surface area (Å²) in [4.78, 5) is 18.4. The zero-order chi connectivity index (χ0) is 24.2. The SMILES string of the molecule is NCc1cccc(-c2nc(CC(=O)C3(c4ccc5c(c4)OC(F)(F)O5)CC3)cc3ccccc23)c1. The van der Waals surface area contributed by atoms with Gasteiger partial charge in [0.2, 0.25) is 0 Å². The second-order valence-corrected chi connectivity index (χ2v) is 9.10. The number of fused-ring (bicyclic) bond motifs is 2. The van der Waals surface area contributed by atoms with E-state index in [0.717, 1.165) is 27.6 Å². The second-order valence-electron chi connectivity index (χ2n) is 9.10. The molecule has 2 N–H and O–H groups in total. The van der Waals surface area contributed by atoms with Crippen LogP contribution >= 0.6 is 0 Å². The molecule has 1 saturated carbocycles. The summed E-state index contributed by atoms with van der Waals surface area (Å²) in [5, 5.41) is 1.99. The Morgan fingerprint density at radius 2 is 1.74 bits per heavy atom. The highest BCUT2D eigenvalue weighted by Crippen LogP contribution is 2.52. The van der Waals surface area contributed by atoms with Gasteiger partial charge in [0.15, 0.2) is 11.5 Å². The highest BCUT2D eigenvalue weighted by atomic mass is 19.3. The van der Waals surface area contributed by atoms with Crippen molar-refractivity contribution in [3.05, 3.63) is 89.6 Å². The Bertz CT molecular complexity index is 1480. The minimum Gasteiger partial charge on any atom is -0.395 e. The molecule has 0 unspecified atom stereocenters. The predicted molar refractivity (Wildman–Crippen MR) is 127 cm³/mol. The Balaban J connectivity index is 1.34. The molecule has 0 bridgehead atoms. The molecule has 0 atom stereocenters. The Morgan fingerprint density at radius 1 is 0.943 bits per heavy atom. The van der Waals surface area contributed by atoms with Crippen molar-refractivity contribution in [3.8, 4) is 22.8 Å². The maximum absolute atomic E-state index is 13.5. The lowest BCUT2D eigenvalue weighted by Crippen LogP contribution is -2.26. The van der Waals surface area contributed by atoms with Crippen LogP contribution in [0, 0.1) is 0 Å². The van der Waals surface area contributed by atoms with Crippen LogP contribution in [-0.4, -0.2) is 17.1 Å². The first-order valence-electron chi connectivity index (χ1n) is 11.5. The average Bonchev–Trinajstić information content (AvgIpc) is 3.60. The number of ether oxygens (including phenoxy) is 2. The summed E-state index contributed by atoms with van der Waals surface area (Å²) in [7, 11) is 0. The summed E-state index contributed by atoms with van der Waals surface area (Å²) >= 11 is 0. The molecule has 7 heteroatoms. The lowest BCUT2D eigenvalue weighted by Gasteiger charge is -2.16. The second kappa shape index (κ2) is 7.85. The van der Waals surface area contributed by atoms with Crippen molar-refractivity contribution in [1.29, 1.82) is 0 Å². The molecule has 2 aliphatic rings. The van der Waals surface area contributed by atoms with Gasteiger partial charge in [-0.15, -0.1) is 8.78 Å². The predicted octanol–water partition coefficient (Wildman–Crippen LogP) is 5.53. The van der Waals surface area contributed by atoms with Crippen molar-refractivity contribution in [3.63, 3.8) is 0 Å². The van der Waals surface area contributed by atoms with E-state index in [4.69, 9.17) is 10.7 Å². The molecule has 1 aromatic heterocycles. The first-order chi connectivity index (χ1) is 16.9. The first kappa shape index (κ1) is 21.7. The van der Waals surface area contributed by atoms with Crippen molar-refractivity contribution >= 4 is 16.6 Å². The summed E-state index contributed by atoms with van der Waals surface area (Å²) in [6.07, 6.45) is -2.24. The van der Waals surface area contributed by atoms with E-state index in [0.29, 0.717) is 30.6 Å². The smallest absolute Gasteiger partial charge is 0.395 e. The fraction of sp³-hybridized carbons (Fsp3) is 0.214. The van der Waals surface area contributed by atoms with Gasteiger partial charge in [-0.1, -0.05) is 48.5 Å². The number of hydrogen-bond acceptors (Lipinski definition) is 5. The van der Waals surface area contributed by atoms with Gasteiger partial charge in [0.25, 0.3) is 0 Å². The Hall–Kier alpha value is -3.84. The van der Waals surface area contributed by atoms with Gasteiger partial charge in [-0.3, -0.25) is 9.78 Å². The molecule has 1 fully saturated rings. The molecule has 176 valence electrons. The molecule has 1 aliphatic carbocycles. The van der Waals surface area contributed by atoms with Crippen molar-refractivity contribution in [2.45, 2.75) is 37.5 Å². The number of alkyl halides is 2. The summed E-state index contributed by atoms with van der Waals surface area (Å²) in [5.41, 5.74) is 9.20. The summed E-state index contributed by atoms with van der Waals surface area (Å²) in [5.74, 6) is -0.0624. The van der Waals surface area contributed by atoms with Crippen LogP contribution in [0.25, 0.3) is 22.0 Å². The van der Waals surface area contributed by atoms with Crippen LogP contribution in [0.15, 0.2) is 72.8 Å². The molecule has 0 spiro atoms. The molecule has 5 nitrogen and oxygen atoms in total. The van der Waals surface area contributed by atoms with Gasteiger partial charge in [-0.05, 0) is 53.6 Å². The molecule has 2 heterocycles. The number of aromatic nitrogens is 1. The van der Waals surface area contributed by atoms with Crippen LogP contribution in [0.4, 0.5) is 8.78 Å². The molecule has 0 saturated heterocycles. The minimum absolute atomic E-state index is 0.00701. The van der Waals surface area contributed by atoms with Gasteiger partial charge in [-0.2, -0.15) is 0 Å². The Labute approximate surface area is 200 Å². The number of halogens is 2. The lowest BCUT2D eigenvalue weighted by atomic mass is 9.88. The fourth-order valence-electron chi connectivity index (χ4n) is 4.84. The first-order valence-corrected chi connectivity index (χ1v) is 11.5. The largest absolute Gasteiger partial charge is 0.586 e. The Morgan fingerprint density at radius 3 is 2.54 bits per heavy atom. The van der Waals surface area contributed by atoms with Gasteiger partial charge < -0.3 is 15.2 Å². The number of pyridine rings is 1. The normalized spacial score (nSPS) is 16.9. The van der Waals surface area contributed by atoms with Crippen LogP contribution in [0.3, 0.4) is 0 Å². The highest BCUT2D eigenvalue weighted by Gasteiger charge is 2.52. The molecular formula is C28H22F2N2O3. The minimum atomic E-state index is -3.69. The van der Waals surface area contributed by atoms with Crippen molar-refractivity contribution in [2.75, 3.05) is 0 Å². The number of nitrogens with two attached hydrogens (primary N) is 1. The lowest BCUT2D eigenvalue weighted by molar-refractivity contribution is -0.286. The van der Waals surface area contributed by atoms with E-state index in [1.165, 1.54) is 12.1 Å². The van der Waals surface area contributed by atoms with Gasteiger partial charge in [0.05, 0.1) is 11.1 Å². The van der Waals surface area contributed by atoms with Crippen molar-refractivity contribution in [2.24, 2.45) is 5.73 Å². The third-order valence-electron chi connectivity index (χ3n) is 6.81. The number of benzene rings is 3. The number of hydrogen-bond donors (Lipinski definition) is 1. The molecule has 6 rings (SSSR count). The van der Waals surface area contributed by atoms with E-state index in [2.05, 4.69) is 9.47 Å². The molecule has 0 amide bonds. The van der Waals surface area contributed by atoms with Gasteiger partial charge in [-0.25, -0.2) is 0 Å². The van der Waals surface area contributed by atoms with Gasteiger partial charge in [0.1, 0.15) is 5.78 Å². The third kappa shape index (κ3) is 3.82. The van der Waals surface area contributed by atoms with E-state index in [-0.39, 0.29) is 23.7 Å². The van der Waals surface area contributed by atoms with E-state index in [1.807, 2.05) is 54.6 Å². The van der Waals surface area contributed by atoms with E-state index < -0.39 is 11.7 Å². The van der Waals surface area contributed by atoms with Crippen molar-refractivity contribution < 1.29 is 23.0 Å². The van der Waals surface area contributed by atoms with Crippen LogP contribution in [0.1, 0.15) is 29.7 Å². The number of carbonyl (C=O) groups is 1. The molecular weight excluding hydrogens is 450 g/mol. The van der Waals surface area contributed by atoms with Crippen LogP contribution in [-0.2, 0) is 23.2 Å². The number of carbonyl (C=O) groups excluding carboxylic acids is 1. The maximum Gasteiger partial charge on any atom is 0.586 e. The standard InChI is InChI=1S/C28H22F2N2O3/c29-28(30)34-23-9-8-20(14-24(23)35-28)27(10-11-27)25(33)15-21-13-18-5-1-2-7-22(18)26(32-21)19-6-3-4-17(12-19)16-31/h1-9,12-14H,10-11,15-16,31H2. The number of nitrogens with zero attached hydrogens (tertiary/aromatic N) is 1. The number of ketones is 1. The monoisotopic (exact) mass is 472 g/mol. The topological polar surface area (TPSA) is 74.4 Å². The fourth-order valence-corrected chi connectivity index (χ4v) is 4.84. The molecule has 3 aromatic carbocycles. The van der Waals surface area contributed by atoms with Gasteiger partial charge >= 0.3 is 6.29 Å². The molecule has 35 heavy (non-hydrogen) atoms. The molecule has 4 aromatic rings. The average molecular weight is 472 g/mol.